The Morgan fingerprint density at radius 2 is 1.94 bits per heavy atom. The summed E-state index contributed by atoms with van der Waals surface area (Å²) in [4.78, 5) is 2.74. The number of para-hydroxylation sites is 1. The van der Waals surface area contributed by atoms with E-state index in [1.165, 1.54) is 20.9 Å². The molecule has 2 aromatic rings. The predicted octanol–water partition coefficient (Wildman–Crippen LogP) is 3.87. The van der Waals surface area contributed by atoms with Crippen LogP contribution in [-0.4, -0.2) is 0 Å². The normalized spacial score (nSPS) is 10.5. The highest BCUT2D eigenvalue weighted by molar-refractivity contribution is 7.12. The molecule has 0 spiro atoms. The highest BCUT2D eigenvalue weighted by Crippen LogP contribution is 2.25. The van der Waals surface area contributed by atoms with Crippen molar-refractivity contribution in [1.29, 1.82) is 0 Å². The molecule has 90 valence electrons. The van der Waals surface area contributed by atoms with Gasteiger partial charge in [-0.1, -0.05) is 12.1 Å². The number of hydrogen-bond acceptors (Lipinski definition) is 3. The van der Waals surface area contributed by atoms with Crippen molar-refractivity contribution in [2.45, 2.75) is 27.3 Å². The first-order chi connectivity index (χ1) is 8.08. The van der Waals surface area contributed by atoms with E-state index in [9.17, 15) is 0 Å². The fraction of sp³-hybridized carbons (Fsp3) is 0.286. The Balaban J connectivity index is 2.12. The number of nitrogens with one attached hydrogen (secondary N) is 1. The molecule has 0 amide bonds. The fourth-order valence-electron chi connectivity index (χ4n) is 1.84. The van der Waals surface area contributed by atoms with Crippen molar-refractivity contribution in [3.8, 4) is 0 Å². The first kappa shape index (κ1) is 12.0. The van der Waals surface area contributed by atoms with Crippen LogP contribution >= 0.6 is 11.3 Å². The lowest BCUT2D eigenvalue weighted by Gasteiger charge is -2.11. The third-order valence-corrected chi connectivity index (χ3v) is 4.11. The minimum atomic E-state index is 0.815. The zero-order valence-corrected chi connectivity index (χ0v) is 11.3. The van der Waals surface area contributed by atoms with Crippen molar-refractivity contribution in [2.75, 3.05) is 11.1 Å². The van der Waals surface area contributed by atoms with Gasteiger partial charge in [-0.2, -0.15) is 0 Å². The van der Waals surface area contributed by atoms with Crippen LogP contribution in [0.15, 0.2) is 24.3 Å². The third kappa shape index (κ3) is 2.61. The van der Waals surface area contributed by atoms with Crippen LogP contribution in [0, 0.1) is 20.8 Å². The second kappa shape index (κ2) is 4.80. The molecule has 0 atom stereocenters. The molecule has 17 heavy (non-hydrogen) atoms. The van der Waals surface area contributed by atoms with Gasteiger partial charge in [0.25, 0.3) is 0 Å². The molecular weight excluding hydrogens is 228 g/mol. The van der Waals surface area contributed by atoms with Crippen LogP contribution < -0.4 is 11.1 Å². The SMILES string of the molecule is Cc1cc(CNc2c(C)cccc2N)sc1C. The minimum absolute atomic E-state index is 0.815. The average molecular weight is 246 g/mol. The second-order valence-electron chi connectivity index (χ2n) is 4.34. The van der Waals surface area contributed by atoms with Crippen LogP contribution in [-0.2, 0) is 6.54 Å². The van der Waals surface area contributed by atoms with Crippen LogP contribution in [0.5, 0.6) is 0 Å². The quantitative estimate of drug-likeness (QED) is 0.807. The van der Waals surface area contributed by atoms with E-state index in [-0.39, 0.29) is 0 Å². The smallest absolute Gasteiger partial charge is 0.0606 e. The van der Waals surface area contributed by atoms with E-state index in [1.54, 1.807) is 0 Å². The van der Waals surface area contributed by atoms with Crippen LogP contribution in [0.1, 0.15) is 20.9 Å². The van der Waals surface area contributed by atoms with Gasteiger partial charge in [-0.15, -0.1) is 11.3 Å². The maximum atomic E-state index is 5.96. The van der Waals surface area contributed by atoms with Gasteiger partial charge in [0.2, 0.25) is 0 Å². The van der Waals surface area contributed by atoms with Crippen molar-refractivity contribution >= 4 is 22.7 Å². The molecule has 0 aliphatic carbocycles. The number of rotatable bonds is 3. The molecule has 1 aromatic heterocycles. The van der Waals surface area contributed by atoms with Crippen LogP contribution in [0.25, 0.3) is 0 Å². The largest absolute Gasteiger partial charge is 0.397 e. The summed E-state index contributed by atoms with van der Waals surface area (Å²) in [6, 6.07) is 8.22. The van der Waals surface area contributed by atoms with E-state index < -0.39 is 0 Å². The summed E-state index contributed by atoms with van der Waals surface area (Å²) in [5, 5.41) is 3.42. The molecule has 3 heteroatoms. The molecule has 0 aliphatic heterocycles. The Hall–Kier alpha value is -1.48. The number of nitrogens with two attached hydrogens (primary N) is 1. The Morgan fingerprint density at radius 3 is 2.53 bits per heavy atom. The van der Waals surface area contributed by atoms with Gasteiger partial charge in [0.15, 0.2) is 0 Å². The number of nitrogen functional groups attached to an aromatic ring is 1. The molecule has 0 aliphatic rings. The van der Waals surface area contributed by atoms with E-state index in [4.69, 9.17) is 5.73 Å². The first-order valence-electron chi connectivity index (χ1n) is 5.73. The van der Waals surface area contributed by atoms with Gasteiger partial charge in [-0.3, -0.25) is 0 Å². The van der Waals surface area contributed by atoms with Gasteiger partial charge in [-0.25, -0.2) is 0 Å². The molecule has 0 saturated heterocycles. The number of benzene rings is 1. The van der Waals surface area contributed by atoms with Gasteiger partial charge < -0.3 is 11.1 Å². The van der Waals surface area contributed by atoms with E-state index in [1.807, 2.05) is 23.5 Å². The number of anilines is 2. The fourth-order valence-corrected chi connectivity index (χ4v) is 2.84. The Morgan fingerprint density at radius 1 is 1.18 bits per heavy atom. The first-order valence-corrected chi connectivity index (χ1v) is 6.54. The summed E-state index contributed by atoms with van der Waals surface area (Å²) in [7, 11) is 0. The average Bonchev–Trinajstić information content (AvgIpc) is 2.58. The molecular formula is C14H18N2S. The summed E-state index contributed by atoms with van der Waals surface area (Å²) in [6.07, 6.45) is 0. The number of thiophene rings is 1. The lowest BCUT2D eigenvalue weighted by molar-refractivity contribution is 1.18. The molecule has 1 heterocycles. The number of hydrogen-bond donors (Lipinski definition) is 2. The summed E-state index contributed by atoms with van der Waals surface area (Å²) in [5.41, 5.74) is 10.4. The summed E-state index contributed by atoms with van der Waals surface area (Å²) >= 11 is 1.84. The predicted molar refractivity (Wildman–Crippen MR) is 76.7 cm³/mol. The van der Waals surface area contributed by atoms with Gasteiger partial charge in [0.05, 0.1) is 11.4 Å². The van der Waals surface area contributed by atoms with Crippen molar-refractivity contribution in [2.24, 2.45) is 0 Å². The lowest BCUT2D eigenvalue weighted by Crippen LogP contribution is -2.02. The van der Waals surface area contributed by atoms with Crippen molar-refractivity contribution < 1.29 is 0 Å². The molecule has 0 unspecified atom stereocenters. The summed E-state index contributed by atoms with van der Waals surface area (Å²) in [6.45, 7) is 7.22. The topological polar surface area (TPSA) is 38.0 Å². The van der Waals surface area contributed by atoms with Crippen LogP contribution in [0.3, 0.4) is 0 Å². The summed E-state index contributed by atoms with van der Waals surface area (Å²) < 4.78 is 0. The lowest BCUT2D eigenvalue weighted by atomic mass is 10.1. The Kier molecular flexibility index (Phi) is 3.38. The van der Waals surface area contributed by atoms with E-state index in [0.29, 0.717) is 0 Å². The highest BCUT2D eigenvalue weighted by Gasteiger charge is 2.04. The van der Waals surface area contributed by atoms with E-state index >= 15 is 0 Å². The molecule has 0 bridgehead atoms. The molecule has 2 rings (SSSR count). The monoisotopic (exact) mass is 246 g/mol. The zero-order chi connectivity index (χ0) is 12.4. The standard InChI is InChI=1S/C14H18N2S/c1-9-5-4-6-13(15)14(9)16-8-12-7-10(2)11(3)17-12/h4-7,16H,8,15H2,1-3H3. The van der Waals surface area contributed by atoms with Crippen LogP contribution in [0.2, 0.25) is 0 Å². The maximum Gasteiger partial charge on any atom is 0.0606 e. The third-order valence-electron chi connectivity index (χ3n) is 2.96. The van der Waals surface area contributed by atoms with Gasteiger partial charge in [0.1, 0.15) is 0 Å². The molecule has 2 nitrogen and oxygen atoms in total. The van der Waals surface area contributed by atoms with E-state index in [2.05, 4.69) is 38.2 Å². The van der Waals surface area contributed by atoms with Gasteiger partial charge >= 0.3 is 0 Å². The minimum Gasteiger partial charge on any atom is -0.397 e. The van der Waals surface area contributed by atoms with Crippen molar-refractivity contribution in [3.63, 3.8) is 0 Å². The molecule has 0 saturated carbocycles. The molecule has 3 N–H and O–H groups in total. The van der Waals surface area contributed by atoms with Gasteiger partial charge in [-0.05, 0) is 44.0 Å². The Bertz CT molecular complexity index is 489. The molecule has 1 aromatic carbocycles. The highest BCUT2D eigenvalue weighted by atomic mass is 32.1. The molecule has 0 fully saturated rings. The van der Waals surface area contributed by atoms with Gasteiger partial charge in [0, 0.05) is 16.3 Å². The van der Waals surface area contributed by atoms with Crippen molar-refractivity contribution in [1.82, 2.24) is 0 Å². The number of aryl methyl sites for hydroxylation is 3. The zero-order valence-electron chi connectivity index (χ0n) is 10.5. The molecule has 0 radical (unpaired) electrons. The summed E-state index contributed by atoms with van der Waals surface area (Å²) in [5.74, 6) is 0. The maximum absolute atomic E-state index is 5.96. The van der Waals surface area contributed by atoms with Crippen LogP contribution in [0.4, 0.5) is 11.4 Å². The second-order valence-corrected chi connectivity index (χ2v) is 5.69. The van der Waals surface area contributed by atoms with Crippen molar-refractivity contribution in [3.05, 3.63) is 45.1 Å². The van der Waals surface area contributed by atoms with E-state index in [0.717, 1.165) is 17.9 Å². The Labute approximate surface area is 106 Å².